The molecule has 1 fully saturated rings. The van der Waals surface area contributed by atoms with E-state index in [9.17, 15) is 18.7 Å². The van der Waals surface area contributed by atoms with Crippen LogP contribution in [-0.4, -0.2) is 47.7 Å². The minimum atomic E-state index is -1.24. The molecule has 1 N–H and O–H groups in total. The second-order valence-corrected chi connectivity index (χ2v) is 9.43. The maximum atomic E-state index is 15.4. The number of rotatable bonds is 10. The van der Waals surface area contributed by atoms with Gasteiger partial charge in [0.1, 0.15) is 23.6 Å². The molecule has 0 bridgehead atoms. The summed E-state index contributed by atoms with van der Waals surface area (Å²) < 4.78 is 48.4. The first-order valence-electron chi connectivity index (χ1n) is 12.3. The topological polar surface area (TPSA) is 62.7 Å². The lowest BCUT2D eigenvalue weighted by molar-refractivity contribution is -0.146. The highest BCUT2D eigenvalue weighted by Gasteiger charge is 2.34. The molecule has 1 saturated heterocycles. The number of likely N-dealkylation sites (tertiary alicyclic amines) is 1. The quantitative estimate of drug-likeness (QED) is 0.372. The van der Waals surface area contributed by atoms with Crippen LogP contribution in [0.2, 0.25) is 0 Å². The number of hydrogen-bond acceptors (Lipinski definition) is 4. The summed E-state index contributed by atoms with van der Waals surface area (Å²) in [5.74, 6) is -2.12. The molecule has 0 radical (unpaired) electrons. The van der Waals surface area contributed by atoms with E-state index in [-0.39, 0.29) is 24.3 Å². The van der Waals surface area contributed by atoms with Gasteiger partial charge in [-0.15, -0.1) is 0 Å². The lowest BCUT2D eigenvalue weighted by atomic mass is 9.81. The van der Waals surface area contributed by atoms with Crippen molar-refractivity contribution in [1.29, 1.82) is 0 Å². The Morgan fingerprint density at radius 1 is 1.22 bits per heavy atom. The third-order valence-electron chi connectivity index (χ3n) is 7.23. The van der Waals surface area contributed by atoms with Crippen LogP contribution in [0.3, 0.4) is 0 Å². The van der Waals surface area contributed by atoms with Crippen LogP contribution in [0.4, 0.5) is 13.2 Å². The molecule has 1 unspecified atom stereocenters. The van der Waals surface area contributed by atoms with Crippen molar-refractivity contribution in [2.45, 2.75) is 38.3 Å². The number of methoxy groups -OCH3 is 1. The molecule has 5 nitrogen and oxygen atoms in total. The second-order valence-electron chi connectivity index (χ2n) is 9.43. The van der Waals surface area contributed by atoms with Crippen LogP contribution >= 0.6 is 0 Å². The SMILES string of the molecule is COc1ccc2nccc(C(F)CC[C@@H]3CCN(CCCc4c(F)cccc4F)C[C@@H]3C(=O)O)c2c1. The number of carboxylic acids is 1. The number of pyridine rings is 1. The molecule has 36 heavy (non-hydrogen) atoms. The zero-order chi connectivity index (χ0) is 25.7. The molecular weight excluding hydrogens is 469 g/mol. The summed E-state index contributed by atoms with van der Waals surface area (Å²) in [4.78, 5) is 18.3. The normalized spacial score (nSPS) is 19.3. The average Bonchev–Trinajstić information content (AvgIpc) is 2.88. The van der Waals surface area contributed by atoms with Crippen molar-refractivity contribution in [3.05, 3.63) is 71.4 Å². The summed E-state index contributed by atoms with van der Waals surface area (Å²) in [6.45, 7) is 1.59. The van der Waals surface area contributed by atoms with Crippen LogP contribution in [-0.2, 0) is 11.2 Å². The third kappa shape index (κ3) is 5.98. The van der Waals surface area contributed by atoms with Gasteiger partial charge in [0.25, 0.3) is 0 Å². The Balaban J connectivity index is 1.34. The van der Waals surface area contributed by atoms with Crippen molar-refractivity contribution in [1.82, 2.24) is 9.88 Å². The fraction of sp³-hybridized carbons (Fsp3) is 0.429. The van der Waals surface area contributed by atoms with Crippen molar-refractivity contribution in [2.24, 2.45) is 11.8 Å². The van der Waals surface area contributed by atoms with Crippen molar-refractivity contribution < 1.29 is 27.8 Å². The molecule has 3 atom stereocenters. The van der Waals surface area contributed by atoms with Crippen LogP contribution in [0, 0.1) is 23.5 Å². The van der Waals surface area contributed by atoms with Gasteiger partial charge < -0.3 is 14.7 Å². The largest absolute Gasteiger partial charge is 0.497 e. The summed E-state index contributed by atoms with van der Waals surface area (Å²) in [6.07, 6.45) is 2.44. The van der Waals surface area contributed by atoms with Crippen LogP contribution in [0.5, 0.6) is 5.75 Å². The number of piperidine rings is 1. The standard InChI is InChI=1S/C28H31F3N2O3/c1-36-19-8-10-27-22(16-19)20(11-13-32-27)26(31)9-7-18-12-15-33(17-23(18)28(34)35)14-3-4-21-24(29)5-2-6-25(21)30/h2,5-6,8,10-11,13,16,18,23,26H,3-4,7,9,12,14-15,17H2,1H3,(H,34,35)/t18-,23+,26?/m1/s1. The Labute approximate surface area is 208 Å². The Morgan fingerprint density at radius 2 is 2.00 bits per heavy atom. The van der Waals surface area contributed by atoms with Crippen molar-refractivity contribution in [3.63, 3.8) is 0 Å². The first-order chi connectivity index (χ1) is 17.4. The monoisotopic (exact) mass is 500 g/mol. The van der Waals surface area contributed by atoms with E-state index in [1.807, 2.05) is 4.90 Å². The van der Waals surface area contributed by atoms with E-state index in [0.717, 1.165) is 0 Å². The average molecular weight is 501 g/mol. The fourth-order valence-corrected chi connectivity index (χ4v) is 5.21. The number of fused-ring (bicyclic) bond motifs is 1. The minimum absolute atomic E-state index is 0.0671. The van der Waals surface area contributed by atoms with Gasteiger partial charge in [-0.2, -0.15) is 0 Å². The number of carboxylic acid groups (broad SMARTS) is 1. The number of alkyl halides is 1. The molecule has 0 amide bonds. The molecule has 192 valence electrons. The molecule has 3 aromatic rings. The molecule has 4 rings (SSSR count). The number of aromatic nitrogens is 1. The molecule has 8 heteroatoms. The molecule has 2 aromatic carbocycles. The van der Waals surface area contributed by atoms with E-state index in [2.05, 4.69) is 4.98 Å². The summed E-state index contributed by atoms with van der Waals surface area (Å²) in [5.41, 5.74) is 1.28. The predicted molar refractivity (Wildman–Crippen MR) is 132 cm³/mol. The van der Waals surface area contributed by atoms with E-state index < -0.39 is 29.7 Å². The number of benzene rings is 2. The Kier molecular flexibility index (Phi) is 8.46. The molecule has 0 spiro atoms. The van der Waals surface area contributed by atoms with Crippen LogP contribution < -0.4 is 4.74 Å². The smallest absolute Gasteiger partial charge is 0.308 e. The predicted octanol–water partition coefficient (Wildman–Crippen LogP) is 5.97. The lowest BCUT2D eigenvalue weighted by Crippen LogP contribution is -2.44. The number of aliphatic carboxylic acids is 1. The van der Waals surface area contributed by atoms with E-state index >= 15 is 4.39 Å². The van der Waals surface area contributed by atoms with Gasteiger partial charge in [-0.25, -0.2) is 13.2 Å². The van der Waals surface area contributed by atoms with Crippen molar-refractivity contribution >= 4 is 16.9 Å². The molecule has 0 aliphatic carbocycles. The van der Waals surface area contributed by atoms with Crippen LogP contribution in [0.15, 0.2) is 48.7 Å². The number of hydrogen-bond donors (Lipinski definition) is 1. The first kappa shape index (κ1) is 25.9. The molecule has 0 saturated carbocycles. The number of carbonyl (C=O) groups is 1. The Morgan fingerprint density at radius 3 is 2.72 bits per heavy atom. The van der Waals surface area contributed by atoms with E-state index in [1.54, 1.807) is 37.6 Å². The highest BCUT2D eigenvalue weighted by atomic mass is 19.1. The maximum absolute atomic E-state index is 15.4. The van der Waals surface area contributed by atoms with Gasteiger partial charge in [-0.3, -0.25) is 9.78 Å². The number of nitrogens with zero attached hydrogens (tertiary/aromatic N) is 2. The van der Waals surface area contributed by atoms with Crippen molar-refractivity contribution in [3.8, 4) is 5.75 Å². The molecule has 1 aliphatic rings. The first-order valence-corrected chi connectivity index (χ1v) is 12.3. The highest BCUT2D eigenvalue weighted by Crippen LogP contribution is 2.35. The lowest BCUT2D eigenvalue weighted by Gasteiger charge is -2.37. The Hall–Kier alpha value is -3.13. The molecule has 1 aromatic heterocycles. The van der Waals surface area contributed by atoms with Crippen molar-refractivity contribution in [2.75, 3.05) is 26.7 Å². The second kappa shape index (κ2) is 11.7. The number of halogens is 3. The van der Waals surface area contributed by atoms with Gasteiger partial charge in [-0.1, -0.05) is 6.07 Å². The van der Waals surface area contributed by atoms with Gasteiger partial charge in [0, 0.05) is 23.7 Å². The van der Waals surface area contributed by atoms with E-state index in [0.29, 0.717) is 61.1 Å². The fourth-order valence-electron chi connectivity index (χ4n) is 5.21. The maximum Gasteiger partial charge on any atom is 0.308 e. The van der Waals surface area contributed by atoms with Gasteiger partial charge in [0.15, 0.2) is 0 Å². The summed E-state index contributed by atoms with van der Waals surface area (Å²) in [6, 6.07) is 10.8. The molecular formula is C28H31F3N2O3. The Bertz CT molecular complexity index is 1190. The zero-order valence-electron chi connectivity index (χ0n) is 20.3. The molecule has 2 heterocycles. The summed E-state index contributed by atoms with van der Waals surface area (Å²) >= 11 is 0. The van der Waals surface area contributed by atoms with Crippen LogP contribution in [0.25, 0.3) is 10.9 Å². The third-order valence-corrected chi connectivity index (χ3v) is 7.23. The van der Waals surface area contributed by atoms with Gasteiger partial charge in [0.2, 0.25) is 0 Å². The highest BCUT2D eigenvalue weighted by molar-refractivity contribution is 5.83. The van der Waals surface area contributed by atoms with E-state index in [1.165, 1.54) is 18.2 Å². The summed E-state index contributed by atoms with van der Waals surface area (Å²) in [5, 5.41) is 10.5. The zero-order valence-corrected chi connectivity index (χ0v) is 20.3. The van der Waals surface area contributed by atoms with Gasteiger partial charge >= 0.3 is 5.97 Å². The van der Waals surface area contributed by atoms with Gasteiger partial charge in [0.05, 0.1) is 18.5 Å². The summed E-state index contributed by atoms with van der Waals surface area (Å²) in [7, 11) is 1.56. The van der Waals surface area contributed by atoms with Gasteiger partial charge in [-0.05, 0) is 93.1 Å². The van der Waals surface area contributed by atoms with E-state index in [4.69, 9.17) is 4.74 Å². The van der Waals surface area contributed by atoms with Crippen LogP contribution in [0.1, 0.15) is 43.0 Å². The molecule has 1 aliphatic heterocycles. The number of ether oxygens (including phenoxy) is 1. The minimum Gasteiger partial charge on any atom is -0.497 e.